The van der Waals surface area contributed by atoms with Crippen molar-refractivity contribution in [1.29, 1.82) is 0 Å². The predicted octanol–water partition coefficient (Wildman–Crippen LogP) is 2.63. The zero-order chi connectivity index (χ0) is 13.8. The van der Waals surface area contributed by atoms with Crippen molar-refractivity contribution < 1.29 is 9.47 Å². The third-order valence-corrected chi connectivity index (χ3v) is 4.41. The maximum absolute atomic E-state index is 5.67. The minimum absolute atomic E-state index is 0.198. The Balaban J connectivity index is 1.57. The summed E-state index contributed by atoms with van der Waals surface area (Å²) in [6, 6.07) is 7.36. The molecule has 2 aliphatic rings. The van der Waals surface area contributed by atoms with Crippen molar-refractivity contribution in [3.63, 3.8) is 0 Å². The van der Waals surface area contributed by atoms with E-state index in [1.54, 1.807) is 11.1 Å². The van der Waals surface area contributed by atoms with Crippen LogP contribution in [0.3, 0.4) is 0 Å². The van der Waals surface area contributed by atoms with Crippen molar-refractivity contribution in [2.24, 2.45) is 0 Å². The van der Waals surface area contributed by atoms with E-state index in [2.05, 4.69) is 30.4 Å². The number of hydrogen-bond donors (Lipinski definition) is 1. The zero-order valence-electron chi connectivity index (χ0n) is 12.4. The maximum Gasteiger partial charge on any atom is 0.0933 e. The van der Waals surface area contributed by atoms with Crippen molar-refractivity contribution in [1.82, 2.24) is 5.32 Å². The van der Waals surface area contributed by atoms with Gasteiger partial charge in [-0.3, -0.25) is 0 Å². The van der Waals surface area contributed by atoms with E-state index >= 15 is 0 Å². The van der Waals surface area contributed by atoms with Gasteiger partial charge in [-0.2, -0.15) is 0 Å². The van der Waals surface area contributed by atoms with Gasteiger partial charge in [0.1, 0.15) is 0 Å². The topological polar surface area (TPSA) is 30.5 Å². The van der Waals surface area contributed by atoms with Gasteiger partial charge in [0, 0.05) is 12.6 Å². The van der Waals surface area contributed by atoms with Gasteiger partial charge in [-0.05, 0) is 49.3 Å². The molecule has 20 heavy (non-hydrogen) atoms. The molecule has 2 atom stereocenters. The first kappa shape index (κ1) is 14.1. The van der Waals surface area contributed by atoms with Crippen LogP contribution in [0.25, 0.3) is 0 Å². The van der Waals surface area contributed by atoms with Crippen LogP contribution in [0.2, 0.25) is 0 Å². The first-order valence-corrected chi connectivity index (χ1v) is 7.87. The van der Waals surface area contributed by atoms with Crippen LogP contribution in [0.4, 0.5) is 0 Å². The summed E-state index contributed by atoms with van der Waals surface area (Å²) in [6.45, 7) is 5.26. The van der Waals surface area contributed by atoms with Crippen LogP contribution in [0.1, 0.15) is 42.5 Å². The second-order valence-corrected chi connectivity index (χ2v) is 5.93. The molecule has 0 aromatic heterocycles. The quantitative estimate of drug-likeness (QED) is 0.916. The molecule has 0 bridgehead atoms. The SMILES string of the molecule is CC(NCC1COCCO1)c1ccc2c(c1)CCCC2. The highest BCUT2D eigenvalue weighted by molar-refractivity contribution is 5.35. The Labute approximate surface area is 121 Å². The number of fused-ring (bicyclic) bond motifs is 1. The Bertz CT molecular complexity index is 441. The molecule has 3 rings (SSSR count). The van der Waals surface area contributed by atoms with E-state index in [-0.39, 0.29) is 6.10 Å². The van der Waals surface area contributed by atoms with Gasteiger partial charge in [0.15, 0.2) is 0 Å². The molecule has 1 aliphatic heterocycles. The van der Waals surface area contributed by atoms with Crippen molar-refractivity contribution in [2.75, 3.05) is 26.4 Å². The lowest BCUT2D eigenvalue weighted by atomic mass is 9.89. The summed E-state index contributed by atoms with van der Waals surface area (Å²) in [6.07, 6.45) is 5.38. The Morgan fingerprint density at radius 3 is 2.85 bits per heavy atom. The molecule has 1 aromatic rings. The molecule has 3 nitrogen and oxygen atoms in total. The van der Waals surface area contributed by atoms with Crippen molar-refractivity contribution >= 4 is 0 Å². The van der Waals surface area contributed by atoms with Crippen molar-refractivity contribution in [3.05, 3.63) is 34.9 Å². The van der Waals surface area contributed by atoms with E-state index in [1.807, 2.05) is 0 Å². The Hall–Kier alpha value is -0.900. The van der Waals surface area contributed by atoms with E-state index in [0.717, 1.165) is 19.8 Å². The summed E-state index contributed by atoms with van der Waals surface area (Å²) in [7, 11) is 0. The number of aryl methyl sites for hydroxylation is 2. The first-order valence-electron chi connectivity index (χ1n) is 7.87. The van der Waals surface area contributed by atoms with Gasteiger partial charge in [0.2, 0.25) is 0 Å². The summed E-state index contributed by atoms with van der Waals surface area (Å²) in [4.78, 5) is 0. The van der Waals surface area contributed by atoms with Gasteiger partial charge in [0.25, 0.3) is 0 Å². The number of benzene rings is 1. The van der Waals surface area contributed by atoms with Crippen LogP contribution < -0.4 is 5.32 Å². The minimum atomic E-state index is 0.198. The standard InChI is InChI=1S/C17H25NO2/c1-13(18-11-17-12-19-8-9-20-17)15-7-6-14-4-2-3-5-16(14)10-15/h6-7,10,13,17-18H,2-5,8-9,11-12H2,1H3. The summed E-state index contributed by atoms with van der Waals surface area (Å²) >= 11 is 0. The van der Waals surface area contributed by atoms with Gasteiger partial charge in [0.05, 0.1) is 25.9 Å². The van der Waals surface area contributed by atoms with Crippen LogP contribution in [0, 0.1) is 0 Å². The molecule has 1 aromatic carbocycles. The van der Waals surface area contributed by atoms with Crippen LogP contribution >= 0.6 is 0 Å². The molecule has 3 heteroatoms. The van der Waals surface area contributed by atoms with Gasteiger partial charge < -0.3 is 14.8 Å². The molecular weight excluding hydrogens is 250 g/mol. The number of hydrogen-bond acceptors (Lipinski definition) is 3. The van der Waals surface area contributed by atoms with Crippen LogP contribution in [-0.4, -0.2) is 32.5 Å². The second kappa shape index (κ2) is 6.70. The smallest absolute Gasteiger partial charge is 0.0933 e. The van der Waals surface area contributed by atoms with Crippen LogP contribution in [0.15, 0.2) is 18.2 Å². The van der Waals surface area contributed by atoms with Gasteiger partial charge in [-0.1, -0.05) is 18.2 Å². The molecule has 0 amide bonds. The number of ether oxygens (including phenoxy) is 2. The summed E-state index contributed by atoms with van der Waals surface area (Å²) in [5.74, 6) is 0. The van der Waals surface area contributed by atoms with Crippen LogP contribution in [-0.2, 0) is 22.3 Å². The Kier molecular flexibility index (Phi) is 4.71. The molecule has 1 aliphatic carbocycles. The summed E-state index contributed by atoms with van der Waals surface area (Å²) in [5, 5.41) is 3.57. The maximum atomic E-state index is 5.67. The van der Waals surface area contributed by atoms with E-state index in [4.69, 9.17) is 9.47 Å². The highest BCUT2D eigenvalue weighted by Crippen LogP contribution is 2.24. The van der Waals surface area contributed by atoms with Crippen LogP contribution in [0.5, 0.6) is 0 Å². The number of rotatable bonds is 4. The molecule has 1 fully saturated rings. The molecule has 2 unspecified atom stereocenters. The Morgan fingerprint density at radius 1 is 1.20 bits per heavy atom. The highest BCUT2D eigenvalue weighted by atomic mass is 16.6. The lowest BCUT2D eigenvalue weighted by molar-refractivity contribution is -0.0869. The fraction of sp³-hybridized carbons (Fsp3) is 0.647. The largest absolute Gasteiger partial charge is 0.376 e. The second-order valence-electron chi connectivity index (χ2n) is 5.93. The molecule has 1 heterocycles. The summed E-state index contributed by atoms with van der Waals surface area (Å²) < 4.78 is 11.1. The lowest BCUT2D eigenvalue weighted by Gasteiger charge is -2.25. The van der Waals surface area contributed by atoms with E-state index < -0.39 is 0 Å². The molecule has 0 saturated carbocycles. The average molecular weight is 275 g/mol. The zero-order valence-corrected chi connectivity index (χ0v) is 12.4. The Morgan fingerprint density at radius 2 is 2.05 bits per heavy atom. The highest BCUT2D eigenvalue weighted by Gasteiger charge is 2.16. The summed E-state index contributed by atoms with van der Waals surface area (Å²) in [5.41, 5.74) is 4.50. The van der Waals surface area contributed by atoms with Gasteiger partial charge in [-0.15, -0.1) is 0 Å². The van der Waals surface area contributed by atoms with E-state index in [0.29, 0.717) is 12.6 Å². The fourth-order valence-corrected chi connectivity index (χ4v) is 3.10. The molecule has 0 spiro atoms. The van der Waals surface area contributed by atoms with Gasteiger partial charge in [-0.25, -0.2) is 0 Å². The average Bonchev–Trinajstić information content (AvgIpc) is 2.53. The van der Waals surface area contributed by atoms with E-state index in [1.165, 1.54) is 31.2 Å². The normalized spacial score (nSPS) is 24.1. The molecule has 1 N–H and O–H groups in total. The lowest BCUT2D eigenvalue weighted by Crippen LogP contribution is -2.38. The predicted molar refractivity (Wildman–Crippen MR) is 80.1 cm³/mol. The molecular formula is C17H25NO2. The molecule has 110 valence electrons. The minimum Gasteiger partial charge on any atom is -0.376 e. The molecule has 1 saturated heterocycles. The van der Waals surface area contributed by atoms with Gasteiger partial charge >= 0.3 is 0 Å². The fourth-order valence-electron chi connectivity index (χ4n) is 3.10. The monoisotopic (exact) mass is 275 g/mol. The third kappa shape index (κ3) is 3.40. The van der Waals surface area contributed by atoms with Crippen molar-refractivity contribution in [2.45, 2.75) is 44.8 Å². The number of nitrogens with one attached hydrogen (secondary N) is 1. The molecule has 0 radical (unpaired) electrons. The van der Waals surface area contributed by atoms with Crippen molar-refractivity contribution in [3.8, 4) is 0 Å². The van der Waals surface area contributed by atoms with E-state index in [9.17, 15) is 0 Å². The third-order valence-electron chi connectivity index (χ3n) is 4.41. The first-order chi connectivity index (χ1) is 9.83.